The highest BCUT2D eigenvalue weighted by molar-refractivity contribution is 7.89. The number of amides is 1. The highest BCUT2D eigenvalue weighted by atomic mass is 32.2. The number of primary sulfonamides is 1. The molecule has 21 heavy (non-hydrogen) atoms. The summed E-state index contributed by atoms with van der Waals surface area (Å²) in [6.07, 6.45) is 3.37. The lowest BCUT2D eigenvalue weighted by Crippen LogP contribution is -2.42. The molecule has 1 aliphatic carbocycles. The van der Waals surface area contributed by atoms with Crippen LogP contribution in [0.1, 0.15) is 57.1 Å². The van der Waals surface area contributed by atoms with E-state index in [-0.39, 0.29) is 28.3 Å². The smallest absolute Gasteiger partial charge is 0.268 e. The van der Waals surface area contributed by atoms with Crippen molar-refractivity contribution in [2.24, 2.45) is 10.6 Å². The van der Waals surface area contributed by atoms with Gasteiger partial charge in [0, 0.05) is 18.3 Å². The zero-order chi connectivity index (χ0) is 16.0. The van der Waals surface area contributed by atoms with Crippen LogP contribution >= 0.6 is 0 Å². The van der Waals surface area contributed by atoms with Crippen molar-refractivity contribution in [3.63, 3.8) is 0 Å². The minimum atomic E-state index is -3.80. The second-order valence-corrected chi connectivity index (χ2v) is 8.37. The molecular formula is C14H23N3O3S. The van der Waals surface area contributed by atoms with Gasteiger partial charge in [0.1, 0.15) is 10.6 Å². The third kappa shape index (κ3) is 3.65. The first-order valence-electron chi connectivity index (χ1n) is 7.05. The number of nitrogens with two attached hydrogens (primary N) is 1. The zero-order valence-electron chi connectivity index (χ0n) is 12.9. The Labute approximate surface area is 125 Å². The molecule has 1 fully saturated rings. The van der Waals surface area contributed by atoms with Crippen molar-refractivity contribution < 1.29 is 13.2 Å². The second kappa shape index (κ2) is 5.14. The Morgan fingerprint density at radius 1 is 1.43 bits per heavy atom. The lowest BCUT2D eigenvalue weighted by atomic mass is 9.88. The monoisotopic (exact) mass is 313 g/mol. The molecule has 0 aromatic carbocycles. The van der Waals surface area contributed by atoms with Gasteiger partial charge < -0.3 is 9.88 Å². The SMILES string of the molecule is CC(NC(=O)c1cc(S(N)(=O)=O)cn1C1CC1)C(C)(C)C. The molecule has 1 saturated carbocycles. The fraction of sp³-hybridized carbons (Fsp3) is 0.643. The molecule has 1 aliphatic rings. The molecule has 1 aromatic heterocycles. The molecule has 1 amide bonds. The summed E-state index contributed by atoms with van der Waals surface area (Å²) in [4.78, 5) is 12.4. The van der Waals surface area contributed by atoms with E-state index in [4.69, 9.17) is 5.14 Å². The van der Waals surface area contributed by atoms with Crippen LogP contribution in [0.3, 0.4) is 0 Å². The molecule has 1 unspecified atom stereocenters. The minimum Gasteiger partial charge on any atom is -0.348 e. The van der Waals surface area contributed by atoms with Gasteiger partial charge in [0.15, 0.2) is 0 Å². The summed E-state index contributed by atoms with van der Waals surface area (Å²) in [5.74, 6) is -0.265. The lowest BCUT2D eigenvalue weighted by Gasteiger charge is -2.28. The molecule has 1 atom stereocenters. The van der Waals surface area contributed by atoms with Crippen LogP contribution in [0.2, 0.25) is 0 Å². The van der Waals surface area contributed by atoms with E-state index in [9.17, 15) is 13.2 Å². The van der Waals surface area contributed by atoms with Crippen molar-refractivity contribution >= 4 is 15.9 Å². The Morgan fingerprint density at radius 3 is 2.43 bits per heavy atom. The van der Waals surface area contributed by atoms with E-state index in [0.717, 1.165) is 12.8 Å². The third-order valence-electron chi connectivity index (χ3n) is 3.97. The number of hydrogen-bond donors (Lipinski definition) is 2. The average Bonchev–Trinajstić information content (AvgIpc) is 3.04. The minimum absolute atomic E-state index is 0.0111. The molecular weight excluding hydrogens is 290 g/mol. The van der Waals surface area contributed by atoms with Crippen LogP contribution in [0.5, 0.6) is 0 Å². The molecule has 1 heterocycles. The van der Waals surface area contributed by atoms with Gasteiger partial charge in [-0.2, -0.15) is 0 Å². The molecule has 0 aliphatic heterocycles. The van der Waals surface area contributed by atoms with E-state index < -0.39 is 10.0 Å². The van der Waals surface area contributed by atoms with Crippen LogP contribution in [0.25, 0.3) is 0 Å². The molecule has 7 heteroatoms. The van der Waals surface area contributed by atoms with Gasteiger partial charge in [0.25, 0.3) is 5.91 Å². The molecule has 0 saturated heterocycles. The number of aromatic nitrogens is 1. The number of carbonyl (C=O) groups excluding carboxylic acids is 1. The molecule has 0 spiro atoms. The van der Waals surface area contributed by atoms with Gasteiger partial charge in [-0.15, -0.1) is 0 Å². The number of nitrogens with zero attached hydrogens (tertiary/aromatic N) is 1. The number of carbonyl (C=O) groups is 1. The molecule has 0 bridgehead atoms. The van der Waals surface area contributed by atoms with Crippen molar-refractivity contribution in [3.05, 3.63) is 18.0 Å². The van der Waals surface area contributed by atoms with Crippen molar-refractivity contribution in [1.29, 1.82) is 0 Å². The number of hydrogen-bond acceptors (Lipinski definition) is 3. The summed E-state index contributed by atoms with van der Waals surface area (Å²) < 4.78 is 24.7. The van der Waals surface area contributed by atoms with E-state index in [2.05, 4.69) is 5.32 Å². The summed E-state index contributed by atoms with van der Waals surface area (Å²) in [7, 11) is -3.80. The van der Waals surface area contributed by atoms with Gasteiger partial charge in [-0.25, -0.2) is 13.6 Å². The fourth-order valence-corrected chi connectivity index (χ4v) is 2.47. The topological polar surface area (TPSA) is 94.2 Å². The maximum Gasteiger partial charge on any atom is 0.268 e. The van der Waals surface area contributed by atoms with Gasteiger partial charge in [0.2, 0.25) is 10.0 Å². The Morgan fingerprint density at radius 2 is 2.00 bits per heavy atom. The largest absolute Gasteiger partial charge is 0.348 e. The highest BCUT2D eigenvalue weighted by Crippen LogP contribution is 2.37. The number of nitrogens with one attached hydrogen (secondary N) is 1. The fourth-order valence-electron chi connectivity index (χ4n) is 1.93. The van der Waals surface area contributed by atoms with Gasteiger partial charge in [-0.05, 0) is 31.2 Å². The predicted molar refractivity (Wildman–Crippen MR) is 80.5 cm³/mol. The number of sulfonamides is 1. The standard InChI is InChI=1S/C14H23N3O3S/c1-9(14(2,3)4)16-13(18)12-7-11(21(15,19)20)8-17(12)10-5-6-10/h7-10H,5-6H2,1-4H3,(H,16,18)(H2,15,19,20). The maximum absolute atomic E-state index is 12.4. The quantitative estimate of drug-likeness (QED) is 0.884. The normalized spacial score (nSPS) is 17.6. The summed E-state index contributed by atoms with van der Waals surface area (Å²) in [6, 6.07) is 1.52. The first-order chi connectivity index (χ1) is 9.50. The Balaban J connectivity index is 2.30. The first kappa shape index (κ1) is 16.0. The maximum atomic E-state index is 12.4. The van der Waals surface area contributed by atoms with E-state index >= 15 is 0 Å². The van der Waals surface area contributed by atoms with E-state index in [1.807, 2.05) is 27.7 Å². The van der Waals surface area contributed by atoms with Crippen molar-refractivity contribution in [2.45, 2.75) is 57.5 Å². The van der Waals surface area contributed by atoms with Crippen LogP contribution in [-0.4, -0.2) is 24.9 Å². The first-order valence-corrected chi connectivity index (χ1v) is 8.60. The van der Waals surface area contributed by atoms with E-state index in [0.29, 0.717) is 5.69 Å². The lowest BCUT2D eigenvalue weighted by molar-refractivity contribution is 0.0900. The third-order valence-corrected chi connectivity index (χ3v) is 4.85. The van der Waals surface area contributed by atoms with Crippen LogP contribution in [0.4, 0.5) is 0 Å². The van der Waals surface area contributed by atoms with Crippen molar-refractivity contribution in [3.8, 4) is 0 Å². The van der Waals surface area contributed by atoms with Gasteiger partial charge in [-0.1, -0.05) is 20.8 Å². The summed E-state index contributed by atoms with van der Waals surface area (Å²) >= 11 is 0. The molecule has 3 N–H and O–H groups in total. The second-order valence-electron chi connectivity index (χ2n) is 6.81. The summed E-state index contributed by atoms with van der Waals surface area (Å²) in [5.41, 5.74) is 0.285. The van der Waals surface area contributed by atoms with Crippen molar-refractivity contribution in [1.82, 2.24) is 9.88 Å². The summed E-state index contributed by atoms with van der Waals surface area (Å²) in [5, 5.41) is 8.09. The van der Waals surface area contributed by atoms with E-state index in [1.54, 1.807) is 4.57 Å². The van der Waals surface area contributed by atoms with Gasteiger partial charge in [0.05, 0.1) is 0 Å². The van der Waals surface area contributed by atoms with Crippen LogP contribution in [0, 0.1) is 5.41 Å². The predicted octanol–water partition coefficient (Wildman–Crippen LogP) is 1.63. The molecule has 1 aromatic rings. The molecule has 2 rings (SSSR count). The van der Waals surface area contributed by atoms with Crippen LogP contribution in [-0.2, 0) is 10.0 Å². The molecule has 6 nitrogen and oxygen atoms in total. The Hall–Kier alpha value is -1.34. The zero-order valence-corrected chi connectivity index (χ0v) is 13.7. The van der Waals surface area contributed by atoms with Crippen molar-refractivity contribution in [2.75, 3.05) is 0 Å². The highest BCUT2D eigenvalue weighted by Gasteiger charge is 2.31. The van der Waals surface area contributed by atoms with Gasteiger partial charge >= 0.3 is 0 Å². The summed E-state index contributed by atoms with van der Waals surface area (Å²) in [6.45, 7) is 8.04. The van der Waals surface area contributed by atoms with Crippen LogP contribution in [0.15, 0.2) is 17.2 Å². The average molecular weight is 313 g/mol. The Kier molecular flexibility index (Phi) is 3.92. The van der Waals surface area contributed by atoms with Gasteiger partial charge in [-0.3, -0.25) is 4.79 Å². The molecule has 0 radical (unpaired) electrons. The Bertz CT molecular complexity index is 651. The van der Waals surface area contributed by atoms with Crippen LogP contribution < -0.4 is 10.5 Å². The molecule has 118 valence electrons. The number of rotatable bonds is 4. The van der Waals surface area contributed by atoms with E-state index in [1.165, 1.54) is 12.3 Å².